The van der Waals surface area contributed by atoms with Crippen molar-refractivity contribution in [2.45, 2.75) is 20.8 Å². The molecule has 0 atom stereocenters. The number of fused-ring (bicyclic) bond motifs is 1. The van der Waals surface area contributed by atoms with Gasteiger partial charge in [-0.25, -0.2) is 0 Å². The fraction of sp³-hybridized carbons (Fsp3) is 0.111. The highest BCUT2D eigenvalue weighted by Crippen LogP contribution is 2.26. The highest BCUT2D eigenvalue weighted by atomic mass is 32.1. The maximum absolute atomic E-state index is 11.3. The van der Waals surface area contributed by atoms with Gasteiger partial charge in [-0.3, -0.25) is 0 Å². The standard InChI is InChI=1S/C27H24N2OS/c1-18-8-7-15-29(17-18)25(26(30)22-14-13-19(2)20(3)16-22)27(31)28-24-12-6-10-21-9-4-5-11-23(21)24/h4-17H,1-3H3,(H-,28,30,31)/p+1. The van der Waals surface area contributed by atoms with Crippen LogP contribution in [0.2, 0.25) is 0 Å². The number of aromatic nitrogens is 1. The molecule has 0 saturated carbocycles. The number of nitrogens with zero attached hydrogens (tertiary/aromatic N) is 1. The van der Waals surface area contributed by atoms with Crippen LogP contribution in [0.5, 0.6) is 0 Å². The predicted octanol–water partition coefficient (Wildman–Crippen LogP) is 6.38. The first-order valence-corrected chi connectivity index (χ1v) is 10.6. The van der Waals surface area contributed by atoms with Crippen LogP contribution >= 0.6 is 12.2 Å². The number of hydrogen-bond acceptors (Lipinski definition) is 2. The van der Waals surface area contributed by atoms with Crippen molar-refractivity contribution >= 4 is 45.1 Å². The van der Waals surface area contributed by atoms with E-state index in [0.717, 1.165) is 33.2 Å². The molecule has 0 amide bonds. The van der Waals surface area contributed by atoms with Crippen LogP contribution in [0, 0.1) is 20.8 Å². The van der Waals surface area contributed by atoms with Gasteiger partial charge in [0.05, 0.1) is 0 Å². The fourth-order valence-electron chi connectivity index (χ4n) is 3.62. The van der Waals surface area contributed by atoms with Gasteiger partial charge >= 0.3 is 0 Å². The zero-order valence-corrected chi connectivity index (χ0v) is 18.7. The molecule has 0 bridgehead atoms. The minimum absolute atomic E-state index is 0.136. The SMILES string of the molecule is Cc1ccc[n+](/C(C(=S)Nc2cccc3ccccc23)=C(/O)c2ccc(C)c(C)c2)c1. The molecule has 1 heterocycles. The summed E-state index contributed by atoms with van der Waals surface area (Å²) in [4.78, 5) is 0.447. The van der Waals surface area contributed by atoms with E-state index in [2.05, 4.69) is 30.4 Å². The summed E-state index contributed by atoms with van der Waals surface area (Å²) in [6.45, 7) is 6.11. The number of nitrogens with one attached hydrogen (secondary N) is 1. The van der Waals surface area contributed by atoms with Crippen LogP contribution in [-0.4, -0.2) is 10.1 Å². The lowest BCUT2D eigenvalue weighted by atomic mass is 10.0. The average Bonchev–Trinajstić information content (AvgIpc) is 2.76. The Labute approximate surface area is 188 Å². The van der Waals surface area contributed by atoms with E-state index in [-0.39, 0.29) is 5.76 Å². The number of benzene rings is 3. The lowest BCUT2D eigenvalue weighted by molar-refractivity contribution is -0.576. The van der Waals surface area contributed by atoms with Gasteiger partial charge in [0.25, 0.3) is 5.70 Å². The van der Waals surface area contributed by atoms with Crippen LogP contribution in [-0.2, 0) is 0 Å². The Bertz CT molecular complexity index is 1320. The molecule has 0 aliphatic heterocycles. The van der Waals surface area contributed by atoms with E-state index in [9.17, 15) is 5.11 Å². The number of aryl methyl sites for hydroxylation is 3. The van der Waals surface area contributed by atoms with Gasteiger partial charge in [-0.15, -0.1) is 0 Å². The van der Waals surface area contributed by atoms with Gasteiger partial charge < -0.3 is 10.4 Å². The number of thiocarbonyl (C=S) groups is 1. The number of rotatable bonds is 4. The van der Waals surface area contributed by atoms with Gasteiger partial charge in [-0.1, -0.05) is 60.7 Å². The number of hydrogen-bond donors (Lipinski definition) is 2. The van der Waals surface area contributed by atoms with Gasteiger partial charge in [0.2, 0.25) is 0 Å². The van der Waals surface area contributed by atoms with Crippen LogP contribution < -0.4 is 9.88 Å². The van der Waals surface area contributed by atoms with E-state index in [0.29, 0.717) is 10.7 Å². The average molecular weight is 426 g/mol. The number of anilines is 1. The molecular formula is C27H25N2OS+. The third-order valence-electron chi connectivity index (χ3n) is 5.46. The van der Waals surface area contributed by atoms with Crippen LogP contribution in [0.3, 0.4) is 0 Å². The molecule has 4 heteroatoms. The van der Waals surface area contributed by atoms with Crippen molar-refractivity contribution in [1.29, 1.82) is 0 Å². The van der Waals surface area contributed by atoms with Crippen molar-refractivity contribution in [3.05, 3.63) is 107 Å². The van der Waals surface area contributed by atoms with Crippen LogP contribution in [0.25, 0.3) is 22.2 Å². The minimum atomic E-state index is 0.136. The van der Waals surface area contributed by atoms with Crippen molar-refractivity contribution in [2.75, 3.05) is 5.32 Å². The van der Waals surface area contributed by atoms with Crippen molar-refractivity contribution in [3.8, 4) is 0 Å². The lowest BCUT2D eigenvalue weighted by Gasteiger charge is -2.13. The van der Waals surface area contributed by atoms with E-state index in [1.54, 1.807) is 0 Å². The molecular weight excluding hydrogens is 400 g/mol. The maximum Gasteiger partial charge on any atom is 0.288 e. The van der Waals surface area contributed by atoms with E-state index in [4.69, 9.17) is 12.2 Å². The molecule has 0 aliphatic rings. The van der Waals surface area contributed by atoms with Gasteiger partial charge in [-0.05, 0) is 55.5 Å². The molecule has 0 spiro atoms. The molecule has 3 aromatic carbocycles. The zero-order chi connectivity index (χ0) is 22.0. The molecule has 0 fully saturated rings. The quantitative estimate of drug-likeness (QED) is 0.172. The molecule has 0 saturated heterocycles. The Morgan fingerprint density at radius 3 is 2.42 bits per heavy atom. The Kier molecular flexibility index (Phi) is 5.83. The largest absolute Gasteiger partial charge is 0.502 e. The van der Waals surface area contributed by atoms with E-state index in [1.807, 2.05) is 85.4 Å². The lowest BCUT2D eigenvalue weighted by Crippen LogP contribution is -2.38. The summed E-state index contributed by atoms with van der Waals surface area (Å²) in [6.07, 6.45) is 3.86. The monoisotopic (exact) mass is 425 g/mol. The molecule has 154 valence electrons. The molecule has 0 radical (unpaired) electrons. The first kappa shape index (κ1) is 20.8. The molecule has 2 N–H and O–H groups in total. The van der Waals surface area contributed by atoms with E-state index < -0.39 is 0 Å². The summed E-state index contributed by atoms with van der Waals surface area (Å²) in [5.74, 6) is 0.136. The first-order chi connectivity index (χ1) is 14.9. The highest BCUT2D eigenvalue weighted by molar-refractivity contribution is 7.81. The Morgan fingerprint density at radius 2 is 1.65 bits per heavy atom. The van der Waals surface area contributed by atoms with Crippen molar-refractivity contribution in [1.82, 2.24) is 0 Å². The molecule has 4 rings (SSSR count). The van der Waals surface area contributed by atoms with Gasteiger partial charge in [0, 0.05) is 28.3 Å². The van der Waals surface area contributed by atoms with Crippen LogP contribution in [0.1, 0.15) is 22.3 Å². The Balaban J connectivity index is 1.84. The third-order valence-corrected chi connectivity index (χ3v) is 5.76. The normalized spacial score (nSPS) is 11.8. The summed E-state index contributed by atoms with van der Waals surface area (Å²) in [7, 11) is 0. The Hall–Kier alpha value is -3.50. The molecule has 31 heavy (non-hydrogen) atoms. The van der Waals surface area contributed by atoms with Crippen LogP contribution in [0.15, 0.2) is 85.2 Å². The molecule has 4 aromatic rings. The first-order valence-electron chi connectivity index (χ1n) is 10.2. The maximum atomic E-state index is 11.3. The fourth-order valence-corrected chi connectivity index (χ4v) is 3.93. The molecule has 3 nitrogen and oxygen atoms in total. The predicted molar refractivity (Wildman–Crippen MR) is 133 cm³/mol. The van der Waals surface area contributed by atoms with Crippen molar-refractivity contribution < 1.29 is 9.67 Å². The number of aliphatic hydroxyl groups is 1. The third kappa shape index (κ3) is 4.35. The second kappa shape index (κ2) is 8.70. The zero-order valence-electron chi connectivity index (χ0n) is 17.9. The minimum Gasteiger partial charge on any atom is -0.502 e. The summed E-state index contributed by atoms with van der Waals surface area (Å²) in [5, 5.41) is 16.9. The summed E-state index contributed by atoms with van der Waals surface area (Å²) < 4.78 is 1.88. The Morgan fingerprint density at radius 1 is 0.871 bits per heavy atom. The van der Waals surface area contributed by atoms with Crippen molar-refractivity contribution in [3.63, 3.8) is 0 Å². The van der Waals surface area contributed by atoms with Gasteiger partial charge in [0.1, 0.15) is 0 Å². The van der Waals surface area contributed by atoms with Gasteiger partial charge in [0.15, 0.2) is 23.1 Å². The summed E-state index contributed by atoms with van der Waals surface area (Å²) in [5.41, 5.74) is 5.54. The smallest absolute Gasteiger partial charge is 0.288 e. The second-order valence-corrected chi connectivity index (χ2v) is 8.17. The topological polar surface area (TPSA) is 36.1 Å². The molecule has 0 unspecified atom stereocenters. The number of pyridine rings is 1. The van der Waals surface area contributed by atoms with Crippen LogP contribution in [0.4, 0.5) is 5.69 Å². The molecule has 1 aromatic heterocycles. The van der Waals surface area contributed by atoms with Gasteiger partial charge in [-0.2, -0.15) is 4.57 Å². The number of aliphatic hydroxyl groups excluding tert-OH is 1. The summed E-state index contributed by atoms with van der Waals surface area (Å²) >= 11 is 5.83. The highest BCUT2D eigenvalue weighted by Gasteiger charge is 2.24. The van der Waals surface area contributed by atoms with E-state index >= 15 is 0 Å². The van der Waals surface area contributed by atoms with E-state index in [1.165, 1.54) is 5.56 Å². The second-order valence-electron chi connectivity index (χ2n) is 7.77. The summed E-state index contributed by atoms with van der Waals surface area (Å²) in [6, 6.07) is 24.1. The van der Waals surface area contributed by atoms with Crippen molar-refractivity contribution in [2.24, 2.45) is 0 Å². The molecule has 0 aliphatic carbocycles.